The maximum Gasteiger partial charge on any atom is 0.220 e. The second-order valence-corrected chi connectivity index (χ2v) is 27.1. The predicted molar refractivity (Wildman–Crippen MR) is 401 cm³/mol. The number of hydrogen-bond donors (Lipinski definition) is 9. The standard InChI is InChI=1S/C83H143NO13/c1-3-5-7-9-11-13-15-17-19-21-23-25-27-29-30-31-32-33-34-35-36-37-38-39-40-41-42-43-45-47-49-51-53-55-57-59-61-63-65-67-75(88)84-71(70-94-82-80(93)78(91)81(74(69-86)96-82)97-83-79(92)77(90)76(89)73(68-85)95-83)72(87)66-64-62-60-58-56-54-52-50-48-46-44-28-26-24-22-20-18-16-14-12-10-8-6-4-2/h5,7,11,13,17,19,23,25,29-30,32-33,35-36,48,50,56,58,64,66,71-74,76-83,85-87,89-93H,3-4,6,8-10,12,14-16,18,20-22,24,26-28,31,34,37-47,49,51-55,57,59-63,65,67-70H2,1-2H3,(H,84,88)/b7-5-,13-11-,19-17-,25-23-,30-29-,33-32-,36-35-,50-48+,58-56+,66-64+. The van der Waals surface area contributed by atoms with Gasteiger partial charge >= 0.3 is 0 Å². The van der Waals surface area contributed by atoms with Crippen molar-refractivity contribution in [2.24, 2.45) is 0 Å². The minimum absolute atomic E-state index is 0.253. The number of allylic oxidation sites excluding steroid dienone is 19. The minimum atomic E-state index is -1.80. The molecule has 0 radical (unpaired) electrons. The quantitative estimate of drug-likeness (QED) is 0.0204. The average molecular weight is 1360 g/mol. The van der Waals surface area contributed by atoms with Crippen molar-refractivity contribution >= 4 is 5.91 Å². The van der Waals surface area contributed by atoms with Crippen LogP contribution >= 0.6 is 0 Å². The van der Waals surface area contributed by atoms with Crippen LogP contribution in [0.15, 0.2) is 122 Å². The Morgan fingerprint density at radius 3 is 1.13 bits per heavy atom. The highest BCUT2D eigenvalue weighted by molar-refractivity contribution is 5.76. The Bertz CT molecular complexity index is 2100. The number of rotatable bonds is 64. The fourth-order valence-electron chi connectivity index (χ4n) is 12.2. The molecule has 0 aromatic heterocycles. The molecule has 14 heteroatoms. The van der Waals surface area contributed by atoms with E-state index in [1.807, 2.05) is 6.08 Å². The Hall–Kier alpha value is -3.61. The topological polar surface area (TPSA) is 228 Å². The zero-order chi connectivity index (χ0) is 70.1. The third-order valence-corrected chi connectivity index (χ3v) is 18.4. The second kappa shape index (κ2) is 65.7. The molecule has 1 amide bonds. The normalized spacial score (nSPS) is 22.8. The monoisotopic (exact) mass is 1360 g/mol. The first-order chi connectivity index (χ1) is 47.6. The van der Waals surface area contributed by atoms with Crippen molar-refractivity contribution < 1.29 is 64.6 Å². The van der Waals surface area contributed by atoms with Gasteiger partial charge in [-0.3, -0.25) is 4.79 Å². The van der Waals surface area contributed by atoms with Crippen LogP contribution in [0, 0.1) is 0 Å². The van der Waals surface area contributed by atoms with E-state index in [1.54, 1.807) is 6.08 Å². The lowest BCUT2D eigenvalue weighted by molar-refractivity contribution is -0.359. The molecule has 2 saturated heterocycles. The van der Waals surface area contributed by atoms with Crippen molar-refractivity contribution in [3.05, 3.63) is 122 Å². The van der Waals surface area contributed by atoms with Crippen molar-refractivity contribution in [1.29, 1.82) is 0 Å². The van der Waals surface area contributed by atoms with Gasteiger partial charge in [-0.25, -0.2) is 0 Å². The Labute approximate surface area is 590 Å². The van der Waals surface area contributed by atoms with Crippen LogP contribution in [0.5, 0.6) is 0 Å². The van der Waals surface area contributed by atoms with Crippen molar-refractivity contribution in [1.82, 2.24) is 5.32 Å². The van der Waals surface area contributed by atoms with Crippen LogP contribution in [0.25, 0.3) is 0 Å². The van der Waals surface area contributed by atoms with Gasteiger partial charge in [-0.15, -0.1) is 0 Å². The van der Waals surface area contributed by atoms with Crippen molar-refractivity contribution in [2.45, 2.75) is 376 Å². The van der Waals surface area contributed by atoms with Gasteiger partial charge in [0.05, 0.1) is 32.0 Å². The van der Waals surface area contributed by atoms with Crippen molar-refractivity contribution in [2.75, 3.05) is 19.8 Å². The van der Waals surface area contributed by atoms with Gasteiger partial charge in [0, 0.05) is 6.42 Å². The van der Waals surface area contributed by atoms with E-state index >= 15 is 0 Å². The molecule has 0 spiro atoms. The molecular formula is C83H143NO13. The van der Waals surface area contributed by atoms with E-state index in [0.717, 1.165) is 89.9 Å². The number of nitrogens with one attached hydrogen (secondary N) is 1. The van der Waals surface area contributed by atoms with E-state index in [0.29, 0.717) is 12.8 Å². The smallest absolute Gasteiger partial charge is 0.220 e. The molecule has 0 aliphatic carbocycles. The molecule has 97 heavy (non-hydrogen) atoms. The molecule has 558 valence electrons. The van der Waals surface area contributed by atoms with Gasteiger partial charge in [0.25, 0.3) is 0 Å². The van der Waals surface area contributed by atoms with E-state index in [2.05, 4.69) is 129 Å². The molecule has 14 nitrogen and oxygen atoms in total. The molecule has 0 aromatic rings. The summed E-state index contributed by atoms with van der Waals surface area (Å²) in [6.45, 7) is 2.69. The van der Waals surface area contributed by atoms with Crippen molar-refractivity contribution in [3.63, 3.8) is 0 Å². The fraction of sp³-hybridized carbons (Fsp3) is 0.747. The minimum Gasteiger partial charge on any atom is -0.394 e. The summed E-state index contributed by atoms with van der Waals surface area (Å²) in [5.74, 6) is -0.253. The first kappa shape index (κ1) is 89.5. The van der Waals surface area contributed by atoms with Gasteiger partial charge in [-0.05, 0) is 103 Å². The molecule has 9 N–H and O–H groups in total. The fourth-order valence-corrected chi connectivity index (χ4v) is 12.2. The van der Waals surface area contributed by atoms with E-state index in [4.69, 9.17) is 18.9 Å². The Balaban J connectivity index is 1.62. The van der Waals surface area contributed by atoms with Gasteiger partial charge in [0.1, 0.15) is 48.8 Å². The summed E-state index contributed by atoms with van der Waals surface area (Å²) < 4.78 is 22.9. The molecule has 2 aliphatic heterocycles. The molecule has 0 saturated carbocycles. The molecule has 0 aromatic carbocycles. The van der Waals surface area contributed by atoms with Crippen LogP contribution < -0.4 is 5.32 Å². The Morgan fingerprint density at radius 1 is 0.381 bits per heavy atom. The number of hydrogen-bond acceptors (Lipinski definition) is 13. The first-order valence-electron chi connectivity index (χ1n) is 39.3. The summed E-state index contributed by atoms with van der Waals surface area (Å²) in [6.07, 6.45) is 79.9. The van der Waals surface area contributed by atoms with Crippen LogP contribution in [0.4, 0.5) is 0 Å². The number of carbonyl (C=O) groups excluding carboxylic acids is 1. The Kier molecular flexibility index (Phi) is 60.6. The third kappa shape index (κ3) is 48.8. The summed E-state index contributed by atoms with van der Waals surface area (Å²) in [5.41, 5.74) is 0. The number of aliphatic hydroxyl groups excluding tert-OH is 8. The van der Waals surface area contributed by atoms with Gasteiger partial charge in [-0.2, -0.15) is 0 Å². The van der Waals surface area contributed by atoms with Gasteiger partial charge in [0.2, 0.25) is 5.91 Å². The summed E-state index contributed by atoms with van der Waals surface area (Å²) in [6, 6.07) is -0.945. The van der Waals surface area contributed by atoms with Gasteiger partial charge in [0.15, 0.2) is 12.6 Å². The maximum atomic E-state index is 13.4. The molecular weight excluding hydrogens is 1220 g/mol. The molecule has 12 atom stereocenters. The second-order valence-electron chi connectivity index (χ2n) is 27.1. The average Bonchev–Trinajstić information content (AvgIpc) is 0.794. The SMILES string of the molecule is CC/C=C\C/C=C\C/C=C\C/C=C\C/C=C\C/C=C\C/C=C\CCCCCCCCCCCCCCCCCCCC(=O)NC(COC1OC(CO)C(OC2OC(CO)C(O)C(O)C2O)C(O)C1O)C(O)/C=C/CC/C=C/CC/C=C/CCCCCCCCCCCCCCCC. The van der Waals surface area contributed by atoms with Gasteiger partial charge < -0.3 is 65.1 Å². The lowest BCUT2D eigenvalue weighted by atomic mass is 9.97. The zero-order valence-corrected chi connectivity index (χ0v) is 61.0. The van der Waals surface area contributed by atoms with Crippen LogP contribution in [0.2, 0.25) is 0 Å². The summed E-state index contributed by atoms with van der Waals surface area (Å²) in [5, 5.41) is 87.6. The predicted octanol–water partition coefficient (Wildman–Crippen LogP) is 17.6. The molecule has 12 unspecified atom stereocenters. The van der Waals surface area contributed by atoms with Crippen LogP contribution in [-0.4, -0.2) is 140 Å². The van der Waals surface area contributed by atoms with E-state index in [9.17, 15) is 45.6 Å². The van der Waals surface area contributed by atoms with Crippen LogP contribution in [0.3, 0.4) is 0 Å². The number of ether oxygens (including phenoxy) is 4. The molecule has 0 bridgehead atoms. The maximum absolute atomic E-state index is 13.4. The molecule has 2 heterocycles. The Morgan fingerprint density at radius 2 is 0.722 bits per heavy atom. The van der Waals surface area contributed by atoms with E-state index in [-0.39, 0.29) is 18.9 Å². The highest BCUT2D eigenvalue weighted by atomic mass is 16.7. The first-order valence-corrected chi connectivity index (χ1v) is 39.3. The zero-order valence-electron chi connectivity index (χ0n) is 61.0. The summed E-state index contributed by atoms with van der Waals surface area (Å²) in [7, 11) is 0. The molecule has 2 fully saturated rings. The van der Waals surface area contributed by atoms with Crippen molar-refractivity contribution in [3.8, 4) is 0 Å². The highest BCUT2D eigenvalue weighted by Gasteiger charge is 2.51. The molecule has 2 rings (SSSR count). The summed E-state index contributed by atoms with van der Waals surface area (Å²) in [4.78, 5) is 13.4. The highest BCUT2D eigenvalue weighted by Crippen LogP contribution is 2.30. The van der Waals surface area contributed by atoms with Crippen LogP contribution in [-0.2, 0) is 23.7 Å². The van der Waals surface area contributed by atoms with E-state index < -0.39 is 86.8 Å². The summed E-state index contributed by atoms with van der Waals surface area (Å²) >= 11 is 0. The largest absolute Gasteiger partial charge is 0.394 e. The number of aliphatic hydroxyl groups is 8. The van der Waals surface area contributed by atoms with Gasteiger partial charge in [-0.1, -0.05) is 315 Å². The number of unbranched alkanes of at least 4 members (excludes halogenated alkanes) is 33. The lowest BCUT2D eigenvalue weighted by Gasteiger charge is -2.46. The third-order valence-electron chi connectivity index (χ3n) is 18.4. The van der Waals surface area contributed by atoms with Crippen LogP contribution in [0.1, 0.15) is 303 Å². The molecule has 2 aliphatic rings. The van der Waals surface area contributed by atoms with E-state index in [1.165, 1.54) is 180 Å². The number of amides is 1. The lowest BCUT2D eigenvalue weighted by Crippen LogP contribution is -2.65. The number of carbonyl (C=O) groups is 1.